The van der Waals surface area contributed by atoms with Crippen LogP contribution >= 0.6 is 0 Å². The molecule has 1 saturated heterocycles. The van der Waals surface area contributed by atoms with Gasteiger partial charge in [0.25, 0.3) is 0 Å². The molecule has 4 nitrogen and oxygen atoms in total. The van der Waals surface area contributed by atoms with Gasteiger partial charge in [-0.3, -0.25) is 0 Å². The molecular weight excluding hydrogens is 212 g/mol. The van der Waals surface area contributed by atoms with Crippen molar-refractivity contribution in [3.63, 3.8) is 0 Å². The smallest absolute Gasteiger partial charge is 0.142 e. The second-order valence-corrected chi connectivity index (χ2v) is 4.57. The quantitative estimate of drug-likeness (QED) is 0.857. The van der Waals surface area contributed by atoms with Gasteiger partial charge in [-0.1, -0.05) is 6.07 Å². The Morgan fingerprint density at radius 1 is 1.47 bits per heavy atom. The van der Waals surface area contributed by atoms with E-state index in [2.05, 4.69) is 28.2 Å². The average Bonchev–Trinajstić information content (AvgIpc) is 2.82. The van der Waals surface area contributed by atoms with Crippen molar-refractivity contribution in [2.24, 2.45) is 0 Å². The number of hydrogen-bond acceptors (Lipinski definition) is 4. The van der Waals surface area contributed by atoms with E-state index in [1.165, 1.54) is 25.9 Å². The molecule has 2 rings (SSSR count). The molecule has 1 aliphatic heterocycles. The van der Waals surface area contributed by atoms with Crippen molar-refractivity contribution in [2.45, 2.75) is 25.8 Å². The summed E-state index contributed by atoms with van der Waals surface area (Å²) in [6.07, 6.45) is 2.63. The van der Waals surface area contributed by atoms with Crippen LogP contribution in [0, 0.1) is 11.3 Å². The minimum absolute atomic E-state index is 0.356. The molecule has 1 aliphatic rings. The predicted octanol–water partition coefficient (Wildman–Crippen LogP) is 1.85. The Kier molecular flexibility index (Phi) is 3.94. The van der Waals surface area contributed by atoms with Crippen molar-refractivity contribution >= 4 is 5.82 Å². The molecule has 0 aromatic carbocycles. The Hall–Kier alpha value is -1.60. The van der Waals surface area contributed by atoms with E-state index < -0.39 is 0 Å². The Bertz CT molecular complexity index is 404. The third kappa shape index (κ3) is 3.43. The van der Waals surface area contributed by atoms with Gasteiger partial charge in [-0.2, -0.15) is 5.26 Å². The summed E-state index contributed by atoms with van der Waals surface area (Å²) in [6.45, 7) is 5.60. The van der Waals surface area contributed by atoms with Crippen LogP contribution in [0.25, 0.3) is 0 Å². The molecule has 17 heavy (non-hydrogen) atoms. The lowest BCUT2D eigenvalue weighted by Gasteiger charge is -2.21. The van der Waals surface area contributed by atoms with Crippen LogP contribution in [0.4, 0.5) is 5.82 Å². The van der Waals surface area contributed by atoms with Crippen molar-refractivity contribution in [3.05, 3.63) is 23.9 Å². The second-order valence-electron chi connectivity index (χ2n) is 4.57. The van der Waals surface area contributed by atoms with Crippen molar-refractivity contribution < 1.29 is 0 Å². The lowest BCUT2D eigenvalue weighted by molar-refractivity contribution is 0.327. The molecule has 1 fully saturated rings. The molecule has 1 aromatic rings. The van der Waals surface area contributed by atoms with Crippen molar-refractivity contribution in [1.82, 2.24) is 9.88 Å². The molecule has 0 bridgehead atoms. The Balaban J connectivity index is 1.88. The number of hydrogen-bond donors (Lipinski definition) is 1. The topological polar surface area (TPSA) is 52.0 Å². The summed E-state index contributed by atoms with van der Waals surface area (Å²) in [5.41, 5.74) is 0.461. The molecule has 1 aromatic heterocycles. The number of likely N-dealkylation sites (tertiary alicyclic amines) is 1. The van der Waals surface area contributed by atoms with E-state index in [4.69, 9.17) is 5.26 Å². The van der Waals surface area contributed by atoms with Gasteiger partial charge < -0.3 is 10.2 Å². The maximum atomic E-state index is 8.78. The molecule has 2 heterocycles. The highest BCUT2D eigenvalue weighted by Gasteiger charge is 2.14. The Morgan fingerprint density at radius 3 is 2.94 bits per heavy atom. The first-order chi connectivity index (χ1) is 8.28. The first-order valence-corrected chi connectivity index (χ1v) is 6.14. The summed E-state index contributed by atoms with van der Waals surface area (Å²) in [7, 11) is 0. The summed E-state index contributed by atoms with van der Waals surface area (Å²) in [5, 5.41) is 12.1. The number of nitrogens with zero attached hydrogens (tertiary/aromatic N) is 3. The normalized spacial score (nSPS) is 17.6. The number of nitrogens with one attached hydrogen (secondary N) is 1. The Morgan fingerprint density at radius 2 is 2.24 bits per heavy atom. The Labute approximate surface area is 102 Å². The summed E-state index contributed by atoms with van der Waals surface area (Å²) in [4.78, 5) is 6.68. The zero-order valence-corrected chi connectivity index (χ0v) is 10.2. The van der Waals surface area contributed by atoms with Gasteiger partial charge in [-0.15, -0.1) is 0 Å². The van der Waals surface area contributed by atoms with Gasteiger partial charge in [0, 0.05) is 12.6 Å². The predicted molar refractivity (Wildman–Crippen MR) is 67.7 cm³/mol. The molecule has 1 atom stereocenters. The van der Waals surface area contributed by atoms with Crippen molar-refractivity contribution in [3.8, 4) is 6.07 Å². The lowest BCUT2D eigenvalue weighted by atomic mass is 10.3. The fourth-order valence-electron chi connectivity index (χ4n) is 2.23. The summed E-state index contributed by atoms with van der Waals surface area (Å²) < 4.78 is 0. The van der Waals surface area contributed by atoms with E-state index in [1.807, 2.05) is 12.1 Å². The first-order valence-electron chi connectivity index (χ1n) is 6.14. The van der Waals surface area contributed by atoms with Gasteiger partial charge in [0.15, 0.2) is 0 Å². The van der Waals surface area contributed by atoms with Crippen LogP contribution in [0.2, 0.25) is 0 Å². The summed E-state index contributed by atoms with van der Waals surface area (Å²) in [5.74, 6) is 0.788. The van der Waals surface area contributed by atoms with Crippen molar-refractivity contribution in [2.75, 3.05) is 25.0 Å². The molecule has 0 aliphatic carbocycles. The largest absolute Gasteiger partial charge is 0.366 e. The number of rotatable bonds is 4. The number of pyridine rings is 1. The molecule has 1 N–H and O–H groups in total. The van der Waals surface area contributed by atoms with E-state index in [-0.39, 0.29) is 0 Å². The van der Waals surface area contributed by atoms with Gasteiger partial charge in [-0.25, -0.2) is 4.98 Å². The SMILES string of the molecule is CC(CN1CCCC1)Nc1cccc(C#N)n1. The first kappa shape index (κ1) is 11.9. The van der Waals surface area contributed by atoms with E-state index in [0.717, 1.165) is 12.4 Å². The zero-order chi connectivity index (χ0) is 12.1. The highest BCUT2D eigenvalue weighted by atomic mass is 15.2. The molecule has 0 spiro atoms. The average molecular weight is 230 g/mol. The third-order valence-electron chi connectivity index (χ3n) is 2.99. The lowest BCUT2D eigenvalue weighted by Crippen LogP contribution is -2.33. The van der Waals surface area contributed by atoms with Crippen LogP contribution in [-0.2, 0) is 0 Å². The summed E-state index contributed by atoms with van der Waals surface area (Å²) >= 11 is 0. The molecule has 0 amide bonds. The summed E-state index contributed by atoms with van der Waals surface area (Å²) in [6, 6.07) is 7.89. The van der Waals surface area contributed by atoms with Crippen LogP contribution in [0.3, 0.4) is 0 Å². The highest BCUT2D eigenvalue weighted by molar-refractivity contribution is 5.39. The van der Waals surface area contributed by atoms with Gasteiger partial charge in [0.1, 0.15) is 17.6 Å². The van der Waals surface area contributed by atoms with E-state index in [9.17, 15) is 0 Å². The minimum Gasteiger partial charge on any atom is -0.366 e. The van der Waals surface area contributed by atoms with Gasteiger partial charge in [0.05, 0.1) is 0 Å². The van der Waals surface area contributed by atoms with Crippen LogP contribution in [0.1, 0.15) is 25.5 Å². The zero-order valence-electron chi connectivity index (χ0n) is 10.2. The maximum absolute atomic E-state index is 8.78. The molecular formula is C13H18N4. The van der Waals surface area contributed by atoms with Gasteiger partial charge >= 0.3 is 0 Å². The molecule has 90 valence electrons. The van der Waals surface area contributed by atoms with E-state index in [1.54, 1.807) is 6.07 Å². The fourth-order valence-corrected chi connectivity index (χ4v) is 2.23. The number of aromatic nitrogens is 1. The monoisotopic (exact) mass is 230 g/mol. The molecule has 1 unspecified atom stereocenters. The molecule has 4 heteroatoms. The van der Waals surface area contributed by atoms with Crippen LogP contribution in [0.15, 0.2) is 18.2 Å². The van der Waals surface area contributed by atoms with Crippen LogP contribution < -0.4 is 5.32 Å². The number of anilines is 1. The maximum Gasteiger partial charge on any atom is 0.142 e. The number of nitriles is 1. The van der Waals surface area contributed by atoms with E-state index in [0.29, 0.717) is 11.7 Å². The third-order valence-corrected chi connectivity index (χ3v) is 2.99. The van der Waals surface area contributed by atoms with Crippen molar-refractivity contribution in [1.29, 1.82) is 5.26 Å². The fraction of sp³-hybridized carbons (Fsp3) is 0.538. The molecule has 0 radical (unpaired) electrons. The van der Waals surface area contributed by atoms with Gasteiger partial charge in [0.2, 0.25) is 0 Å². The van der Waals surface area contributed by atoms with Crippen LogP contribution in [-0.4, -0.2) is 35.6 Å². The van der Waals surface area contributed by atoms with E-state index >= 15 is 0 Å². The minimum atomic E-state index is 0.356. The standard InChI is InChI=1S/C13H18N4/c1-11(10-17-7-2-3-8-17)15-13-6-4-5-12(9-14)16-13/h4-6,11H,2-3,7-8,10H2,1H3,(H,15,16). The highest BCUT2D eigenvalue weighted by Crippen LogP contribution is 2.10. The van der Waals surface area contributed by atoms with Gasteiger partial charge in [-0.05, 0) is 45.0 Å². The van der Waals surface area contributed by atoms with Crippen LogP contribution in [0.5, 0.6) is 0 Å². The second kappa shape index (κ2) is 5.65. The molecule has 0 saturated carbocycles.